The first-order chi connectivity index (χ1) is 9.40. The number of sulfonamides is 1. The van der Waals surface area contributed by atoms with Gasteiger partial charge in [-0.15, -0.1) is 0 Å². The molecule has 1 atom stereocenters. The van der Waals surface area contributed by atoms with E-state index in [1.54, 1.807) is 4.57 Å². The Morgan fingerprint density at radius 2 is 2.10 bits per heavy atom. The van der Waals surface area contributed by atoms with Gasteiger partial charge in [0.15, 0.2) is 5.03 Å². The fourth-order valence-corrected chi connectivity index (χ4v) is 3.50. The van der Waals surface area contributed by atoms with E-state index < -0.39 is 16.1 Å². The predicted molar refractivity (Wildman–Crippen MR) is 75.8 cm³/mol. The summed E-state index contributed by atoms with van der Waals surface area (Å²) >= 11 is 0. The number of aromatic nitrogens is 2. The summed E-state index contributed by atoms with van der Waals surface area (Å²) in [5, 5.41) is 10.0. The monoisotopic (exact) mass is 301 g/mol. The van der Waals surface area contributed by atoms with Gasteiger partial charge < -0.3 is 9.67 Å². The molecular weight excluding hydrogens is 278 g/mol. The fraction of sp³-hybridized carbons (Fsp3) is 0.769. The highest BCUT2D eigenvalue weighted by atomic mass is 32.2. The molecular formula is C13H23N3O3S. The molecule has 0 spiro atoms. The van der Waals surface area contributed by atoms with Crippen molar-refractivity contribution in [2.45, 2.75) is 56.7 Å². The van der Waals surface area contributed by atoms with Gasteiger partial charge in [0, 0.05) is 18.8 Å². The normalized spacial score (nSPS) is 18.8. The number of nitrogens with one attached hydrogen (secondary N) is 1. The Morgan fingerprint density at radius 3 is 2.65 bits per heavy atom. The molecule has 1 aromatic heterocycles. The minimum Gasteiger partial charge on any atom is -0.391 e. The Balaban J connectivity index is 1.96. The van der Waals surface area contributed by atoms with E-state index in [2.05, 4.69) is 9.71 Å². The van der Waals surface area contributed by atoms with E-state index in [0.717, 1.165) is 25.7 Å². The zero-order valence-electron chi connectivity index (χ0n) is 12.0. The molecule has 114 valence electrons. The maximum atomic E-state index is 12.1. The summed E-state index contributed by atoms with van der Waals surface area (Å²) in [6.45, 7) is 3.96. The molecule has 20 heavy (non-hydrogen) atoms. The molecule has 0 radical (unpaired) electrons. The first-order valence-corrected chi connectivity index (χ1v) is 8.59. The van der Waals surface area contributed by atoms with Gasteiger partial charge >= 0.3 is 0 Å². The molecule has 0 saturated heterocycles. The summed E-state index contributed by atoms with van der Waals surface area (Å²) in [5.41, 5.74) is 0. The molecule has 1 aliphatic rings. The summed E-state index contributed by atoms with van der Waals surface area (Å²) in [6, 6.07) is 0.163. The lowest BCUT2D eigenvalue weighted by Gasteiger charge is -2.17. The van der Waals surface area contributed by atoms with E-state index in [0.29, 0.717) is 0 Å². The lowest BCUT2D eigenvalue weighted by molar-refractivity contribution is 0.115. The van der Waals surface area contributed by atoms with Crippen molar-refractivity contribution in [1.29, 1.82) is 0 Å². The van der Waals surface area contributed by atoms with E-state index in [4.69, 9.17) is 0 Å². The number of rotatable bonds is 6. The van der Waals surface area contributed by atoms with Gasteiger partial charge in [0.25, 0.3) is 10.0 Å². The van der Waals surface area contributed by atoms with Crippen LogP contribution in [0.15, 0.2) is 17.6 Å². The molecule has 1 aliphatic carbocycles. The lowest BCUT2D eigenvalue weighted by Crippen LogP contribution is -2.35. The van der Waals surface area contributed by atoms with Crippen LogP contribution in [0.2, 0.25) is 0 Å². The number of hydrogen-bond donors (Lipinski definition) is 2. The summed E-state index contributed by atoms with van der Waals surface area (Å²) < 4.78 is 28.4. The van der Waals surface area contributed by atoms with Gasteiger partial charge in [-0.25, -0.2) is 18.1 Å². The van der Waals surface area contributed by atoms with Crippen molar-refractivity contribution in [2.75, 3.05) is 6.54 Å². The maximum absolute atomic E-state index is 12.1. The number of hydrogen-bond acceptors (Lipinski definition) is 4. The number of aliphatic hydroxyl groups excluding tert-OH is 1. The summed E-state index contributed by atoms with van der Waals surface area (Å²) in [6.07, 6.45) is 6.59. The van der Waals surface area contributed by atoms with Crippen LogP contribution in [0.5, 0.6) is 0 Å². The third-order valence-electron chi connectivity index (χ3n) is 3.88. The molecule has 0 aliphatic heterocycles. The van der Waals surface area contributed by atoms with Crippen LogP contribution in [-0.4, -0.2) is 35.7 Å². The molecule has 1 unspecified atom stereocenters. The molecule has 6 nitrogen and oxygen atoms in total. The SMILES string of the molecule is CC(C)n1cnc(S(=O)(=O)NCC(O)C2CCCC2)c1. The van der Waals surface area contributed by atoms with Crippen LogP contribution in [0, 0.1) is 5.92 Å². The van der Waals surface area contributed by atoms with Gasteiger partial charge in [-0.05, 0) is 32.6 Å². The van der Waals surface area contributed by atoms with Gasteiger partial charge in [0.2, 0.25) is 0 Å². The second-order valence-electron chi connectivity index (χ2n) is 5.72. The van der Waals surface area contributed by atoms with Crippen molar-refractivity contribution in [3.8, 4) is 0 Å². The summed E-state index contributed by atoms with van der Waals surface area (Å²) in [4.78, 5) is 3.92. The van der Waals surface area contributed by atoms with Crippen molar-refractivity contribution in [3.05, 3.63) is 12.5 Å². The van der Waals surface area contributed by atoms with E-state index in [9.17, 15) is 13.5 Å². The third kappa shape index (κ3) is 3.59. The van der Waals surface area contributed by atoms with Crippen molar-refractivity contribution in [3.63, 3.8) is 0 Å². The minimum atomic E-state index is -3.64. The van der Waals surface area contributed by atoms with E-state index in [1.807, 2.05) is 13.8 Å². The summed E-state index contributed by atoms with van der Waals surface area (Å²) in [7, 11) is -3.64. The van der Waals surface area contributed by atoms with Gasteiger partial charge in [0.1, 0.15) is 0 Å². The molecule has 0 bridgehead atoms. The molecule has 1 fully saturated rings. The number of aliphatic hydroxyl groups is 1. The standard InChI is InChI=1S/C13H23N3O3S/c1-10(2)16-8-13(14-9-16)20(18,19)15-7-12(17)11-5-3-4-6-11/h8-12,15,17H,3-7H2,1-2H3. The first-order valence-electron chi connectivity index (χ1n) is 7.11. The van der Waals surface area contributed by atoms with Crippen molar-refractivity contribution < 1.29 is 13.5 Å². The van der Waals surface area contributed by atoms with Gasteiger partial charge in [-0.2, -0.15) is 0 Å². The highest BCUT2D eigenvalue weighted by Crippen LogP contribution is 2.27. The molecule has 1 saturated carbocycles. The van der Waals surface area contributed by atoms with Gasteiger partial charge in [-0.1, -0.05) is 12.8 Å². The second kappa shape index (κ2) is 6.24. The lowest BCUT2D eigenvalue weighted by atomic mass is 10.0. The van der Waals surface area contributed by atoms with Crippen LogP contribution in [0.1, 0.15) is 45.6 Å². The van der Waals surface area contributed by atoms with Crippen molar-refractivity contribution >= 4 is 10.0 Å². The Kier molecular flexibility index (Phi) is 4.82. The molecule has 0 amide bonds. The zero-order chi connectivity index (χ0) is 14.8. The average Bonchev–Trinajstić information content (AvgIpc) is 3.06. The second-order valence-corrected chi connectivity index (χ2v) is 7.43. The number of imidazole rings is 1. The Bertz CT molecular complexity index is 533. The van der Waals surface area contributed by atoms with Gasteiger partial charge in [-0.3, -0.25) is 0 Å². The molecule has 7 heteroatoms. The predicted octanol–water partition coefficient (Wildman–Crippen LogP) is 1.29. The maximum Gasteiger partial charge on any atom is 0.259 e. The average molecular weight is 301 g/mol. The van der Waals surface area contributed by atoms with Crippen LogP contribution in [0.4, 0.5) is 0 Å². The zero-order valence-corrected chi connectivity index (χ0v) is 12.8. The van der Waals surface area contributed by atoms with Crippen LogP contribution in [0.3, 0.4) is 0 Å². The van der Waals surface area contributed by atoms with Crippen molar-refractivity contribution in [1.82, 2.24) is 14.3 Å². The smallest absolute Gasteiger partial charge is 0.259 e. The fourth-order valence-electron chi connectivity index (χ4n) is 2.52. The van der Waals surface area contributed by atoms with Crippen LogP contribution in [-0.2, 0) is 10.0 Å². The van der Waals surface area contributed by atoms with Crippen LogP contribution in [0.25, 0.3) is 0 Å². The van der Waals surface area contributed by atoms with E-state index >= 15 is 0 Å². The largest absolute Gasteiger partial charge is 0.391 e. The first kappa shape index (κ1) is 15.5. The van der Waals surface area contributed by atoms with Crippen LogP contribution >= 0.6 is 0 Å². The quantitative estimate of drug-likeness (QED) is 0.829. The highest BCUT2D eigenvalue weighted by Gasteiger charge is 2.25. The summed E-state index contributed by atoms with van der Waals surface area (Å²) in [5.74, 6) is 0.214. The Morgan fingerprint density at radius 1 is 1.45 bits per heavy atom. The van der Waals surface area contributed by atoms with E-state index in [1.165, 1.54) is 12.5 Å². The topological polar surface area (TPSA) is 84.2 Å². The highest BCUT2D eigenvalue weighted by molar-refractivity contribution is 7.89. The Hall–Kier alpha value is -0.920. The van der Waals surface area contributed by atoms with Gasteiger partial charge in [0.05, 0.1) is 12.4 Å². The van der Waals surface area contributed by atoms with Crippen LogP contribution < -0.4 is 4.72 Å². The third-order valence-corrected chi connectivity index (χ3v) is 5.18. The molecule has 2 N–H and O–H groups in total. The van der Waals surface area contributed by atoms with Crippen molar-refractivity contribution in [2.24, 2.45) is 5.92 Å². The minimum absolute atomic E-state index is 0.00446. The molecule has 1 heterocycles. The molecule has 0 aromatic carbocycles. The molecule has 2 rings (SSSR count). The van der Waals surface area contributed by atoms with E-state index in [-0.39, 0.29) is 23.5 Å². The Labute approximate surface area is 120 Å². The number of nitrogens with zero attached hydrogens (tertiary/aromatic N) is 2. The molecule has 1 aromatic rings.